The molecule has 0 aliphatic carbocycles. The van der Waals surface area contributed by atoms with E-state index in [2.05, 4.69) is 5.32 Å². The summed E-state index contributed by atoms with van der Waals surface area (Å²) in [4.78, 5) is 23.2. The summed E-state index contributed by atoms with van der Waals surface area (Å²) < 4.78 is 25.6. The van der Waals surface area contributed by atoms with E-state index < -0.39 is 21.9 Å². The number of nitrogens with one attached hydrogen (secondary N) is 1. The highest BCUT2D eigenvalue weighted by molar-refractivity contribution is 7.89. The van der Waals surface area contributed by atoms with E-state index in [4.69, 9.17) is 0 Å². The van der Waals surface area contributed by atoms with Crippen molar-refractivity contribution in [3.8, 4) is 0 Å². The molecule has 0 aliphatic rings. The summed E-state index contributed by atoms with van der Waals surface area (Å²) in [5.74, 6) is -1.78. The average molecular weight is 367 g/mol. The second kappa shape index (κ2) is 7.12. The first kappa shape index (κ1) is 18.1. The molecule has 1 N–H and O–H groups in total. The number of thiophene rings is 1. The van der Waals surface area contributed by atoms with E-state index in [0.29, 0.717) is 12.2 Å². The van der Waals surface area contributed by atoms with Crippen molar-refractivity contribution in [2.24, 2.45) is 0 Å². The van der Waals surface area contributed by atoms with Crippen LogP contribution in [0.15, 0.2) is 40.6 Å². The summed E-state index contributed by atoms with van der Waals surface area (Å²) in [6.45, 7) is 2.04. The highest BCUT2D eigenvalue weighted by Gasteiger charge is 2.22. The molecule has 0 aliphatic heterocycles. The maximum atomic E-state index is 12.2. The monoisotopic (exact) mass is 367 g/mol. The van der Waals surface area contributed by atoms with Gasteiger partial charge in [-0.05, 0) is 23.8 Å². The van der Waals surface area contributed by atoms with E-state index in [-0.39, 0.29) is 15.3 Å². The molecule has 0 saturated heterocycles. The van der Waals surface area contributed by atoms with E-state index in [0.717, 1.165) is 11.3 Å². The lowest BCUT2D eigenvalue weighted by atomic mass is 10.2. The maximum Gasteiger partial charge on any atom is 0.265 e. The van der Waals surface area contributed by atoms with Gasteiger partial charge in [-0.3, -0.25) is 4.79 Å². The predicted molar refractivity (Wildman–Crippen MR) is 88.5 cm³/mol. The number of rotatable bonds is 6. The molecule has 7 nitrogen and oxygen atoms in total. The minimum absolute atomic E-state index is 0.0000973. The average Bonchev–Trinajstić information content (AvgIpc) is 3.05. The topological polar surface area (TPSA) is 107 Å². The summed E-state index contributed by atoms with van der Waals surface area (Å²) in [5.41, 5.74) is 0.397. The minimum Gasteiger partial charge on any atom is -0.545 e. The van der Waals surface area contributed by atoms with E-state index >= 15 is 0 Å². The van der Waals surface area contributed by atoms with Crippen LogP contribution in [0.1, 0.15) is 27.0 Å². The first-order chi connectivity index (χ1) is 11.3. The number of carboxylic acid groups (broad SMARTS) is 1. The standard InChI is InChI=1S/C15H16N2O5S2/c1-3-17(2)24(21,22)12-8-13(23-9-12)14(18)16-11-6-4-10(5-7-11)15(19)20/h4-9H,3H2,1-2H3,(H,16,18)(H,19,20)/p-1. The third-order valence-corrected chi connectivity index (χ3v) is 6.32. The van der Waals surface area contributed by atoms with Crippen molar-refractivity contribution in [1.29, 1.82) is 0 Å². The first-order valence-electron chi connectivity index (χ1n) is 6.93. The Morgan fingerprint density at radius 2 is 1.88 bits per heavy atom. The molecule has 1 aromatic carbocycles. The van der Waals surface area contributed by atoms with Gasteiger partial charge in [-0.1, -0.05) is 19.1 Å². The van der Waals surface area contributed by atoms with Gasteiger partial charge in [0.05, 0.1) is 15.7 Å². The minimum atomic E-state index is -3.60. The number of amides is 1. The van der Waals surface area contributed by atoms with Crippen LogP contribution in [-0.4, -0.2) is 38.2 Å². The highest BCUT2D eigenvalue weighted by Crippen LogP contribution is 2.23. The molecule has 2 aromatic rings. The van der Waals surface area contributed by atoms with Gasteiger partial charge in [0.25, 0.3) is 5.91 Å². The number of nitrogens with zero attached hydrogens (tertiary/aromatic N) is 1. The van der Waals surface area contributed by atoms with Crippen LogP contribution in [0.5, 0.6) is 0 Å². The SMILES string of the molecule is CCN(C)S(=O)(=O)c1csc(C(=O)Nc2ccc(C(=O)[O-])cc2)c1. The molecule has 2 rings (SSSR count). The Hall–Kier alpha value is -2.23. The second-order valence-corrected chi connectivity index (χ2v) is 7.84. The van der Waals surface area contributed by atoms with Gasteiger partial charge >= 0.3 is 0 Å². The van der Waals surface area contributed by atoms with Crippen LogP contribution in [0.2, 0.25) is 0 Å². The Bertz CT molecular complexity index is 856. The van der Waals surface area contributed by atoms with Crippen LogP contribution in [0.25, 0.3) is 0 Å². The molecule has 0 saturated carbocycles. The molecule has 1 heterocycles. The number of hydrogen-bond acceptors (Lipinski definition) is 6. The number of sulfonamides is 1. The summed E-state index contributed by atoms with van der Waals surface area (Å²) in [7, 11) is -2.13. The number of hydrogen-bond donors (Lipinski definition) is 1. The smallest absolute Gasteiger partial charge is 0.265 e. The lowest BCUT2D eigenvalue weighted by Gasteiger charge is -2.12. The molecular weight excluding hydrogens is 352 g/mol. The second-order valence-electron chi connectivity index (χ2n) is 4.88. The zero-order chi connectivity index (χ0) is 17.9. The molecule has 0 bridgehead atoms. The highest BCUT2D eigenvalue weighted by atomic mass is 32.2. The van der Waals surface area contributed by atoms with Crippen LogP contribution in [0.3, 0.4) is 0 Å². The van der Waals surface area contributed by atoms with Gasteiger partial charge in [0.15, 0.2) is 0 Å². The third-order valence-electron chi connectivity index (χ3n) is 3.33. The van der Waals surface area contributed by atoms with Crippen molar-refractivity contribution in [2.45, 2.75) is 11.8 Å². The van der Waals surface area contributed by atoms with E-state index in [1.165, 1.54) is 47.1 Å². The fourth-order valence-corrected chi connectivity index (χ4v) is 4.14. The number of carboxylic acids is 1. The Morgan fingerprint density at radius 3 is 2.42 bits per heavy atom. The fourth-order valence-electron chi connectivity index (χ4n) is 1.81. The van der Waals surface area contributed by atoms with Gasteiger partial charge < -0.3 is 15.2 Å². The molecule has 24 heavy (non-hydrogen) atoms. The van der Waals surface area contributed by atoms with E-state index in [1.807, 2.05) is 0 Å². The van der Waals surface area contributed by atoms with Crippen LogP contribution in [-0.2, 0) is 10.0 Å². The van der Waals surface area contributed by atoms with Gasteiger partial charge in [0, 0.05) is 24.7 Å². The quantitative estimate of drug-likeness (QED) is 0.820. The summed E-state index contributed by atoms with van der Waals surface area (Å²) in [5, 5.41) is 14.7. The third kappa shape index (κ3) is 3.81. The van der Waals surface area contributed by atoms with E-state index in [9.17, 15) is 23.1 Å². The molecular formula is C15H15N2O5S2-. The number of carbonyl (C=O) groups is 2. The molecule has 1 amide bonds. The zero-order valence-electron chi connectivity index (χ0n) is 13.0. The Balaban J connectivity index is 2.15. The maximum absolute atomic E-state index is 12.2. The first-order valence-corrected chi connectivity index (χ1v) is 9.25. The molecule has 0 spiro atoms. The number of carbonyl (C=O) groups excluding carboxylic acids is 2. The van der Waals surface area contributed by atoms with Gasteiger partial charge in [0.1, 0.15) is 0 Å². The fraction of sp³-hybridized carbons (Fsp3) is 0.200. The van der Waals surface area contributed by atoms with Crippen LogP contribution < -0.4 is 10.4 Å². The largest absolute Gasteiger partial charge is 0.545 e. The summed E-state index contributed by atoms with van der Waals surface area (Å²) in [6, 6.07) is 6.80. The van der Waals surface area contributed by atoms with Gasteiger partial charge in [-0.25, -0.2) is 12.7 Å². The molecule has 0 unspecified atom stereocenters. The molecule has 0 atom stereocenters. The number of aromatic carboxylic acids is 1. The number of anilines is 1. The summed E-state index contributed by atoms with van der Waals surface area (Å²) in [6.07, 6.45) is 0. The van der Waals surface area contributed by atoms with Gasteiger partial charge in [-0.15, -0.1) is 11.3 Å². The van der Waals surface area contributed by atoms with E-state index in [1.54, 1.807) is 6.92 Å². The van der Waals surface area contributed by atoms with Crippen molar-refractivity contribution in [1.82, 2.24) is 4.31 Å². The van der Waals surface area contributed by atoms with Crippen LogP contribution in [0.4, 0.5) is 5.69 Å². The predicted octanol–water partition coefficient (Wildman–Crippen LogP) is 1.00. The summed E-state index contributed by atoms with van der Waals surface area (Å²) >= 11 is 1.02. The molecule has 128 valence electrons. The van der Waals surface area contributed by atoms with Crippen molar-refractivity contribution in [3.63, 3.8) is 0 Å². The molecule has 1 aromatic heterocycles. The van der Waals surface area contributed by atoms with Crippen molar-refractivity contribution in [2.75, 3.05) is 18.9 Å². The van der Waals surface area contributed by atoms with Crippen LogP contribution >= 0.6 is 11.3 Å². The molecule has 0 fully saturated rings. The lowest BCUT2D eigenvalue weighted by Crippen LogP contribution is -2.26. The van der Waals surface area contributed by atoms with Crippen molar-refractivity contribution in [3.05, 3.63) is 46.2 Å². The zero-order valence-corrected chi connectivity index (χ0v) is 14.6. The van der Waals surface area contributed by atoms with Gasteiger partial charge in [-0.2, -0.15) is 0 Å². The molecule has 9 heteroatoms. The Labute approximate surface area is 143 Å². The van der Waals surface area contributed by atoms with Crippen LogP contribution in [0, 0.1) is 0 Å². The normalized spacial score (nSPS) is 11.5. The number of benzene rings is 1. The Morgan fingerprint density at radius 1 is 1.25 bits per heavy atom. The van der Waals surface area contributed by atoms with Crippen molar-refractivity contribution >= 4 is 38.9 Å². The Kier molecular flexibility index (Phi) is 5.37. The van der Waals surface area contributed by atoms with Crippen molar-refractivity contribution < 1.29 is 23.1 Å². The molecule has 0 radical (unpaired) electrons. The van der Waals surface area contributed by atoms with Gasteiger partial charge in [0.2, 0.25) is 10.0 Å². The lowest BCUT2D eigenvalue weighted by molar-refractivity contribution is -0.255.